The molecule has 120 valence electrons. The number of hydrogen-bond donors (Lipinski definition) is 3. The number of hydrazine groups is 2. The second-order valence-corrected chi connectivity index (χ2v) is 6.37. The van der Waals surface area contributed by atoms with Crippen LogP contribution in [0.2, 0.25) is 0 Å². The number of fused-ring (bicyclic) bond motifs is 1. The zero-order chi connectivity index (χ0) is 15.4. The predicted molar refractivity (Wildman–Crippen MR) is 86.3 cm³/mol. The van der Waals surface area contributed by atoms with E-state index in [2.05, 4.69) is 33.4 Å². The van der Waals surface area contributed by atoms with Gasteiger partial charge in [-0.25, -0.2) is 5.01 Å². The summed E-state index contributed by atoms with van der Waals surface area (Å²) >= 11 is 0. The molecule has 23 heavy (non-hydrogen) atoms. The fraction of sp³-hybridized carbons (Fsp3) is 0.438. The molecule has 0 saturated carbocycles. The third kappa shape index (κ3) is 1.93. The Hall–Kier alpha value is -2.25. The first-order valence-corrected chi connectivity index (χ1v) is 8.13. The van der Waals surface area contributed by atoms with Gasteiger partial charge in [0.2, 0.25) is 0 Å². The molecule has 1 saturated heterocycles. The highest BCUT2D eigenvalue weighted by atomic mass is 16.5. The Morgan fingerprint density at radius 2 is 2.04 bits per heavy atom. The number of rotatable bonds is 1. The minimum atomic E-state index is 0.526. The van der Waals surface area contributed by atoms with Crippen molar-refractivity contribution in [1.29, 1.82) is 0 Å². The lowest BCUT2D eigenvalue weighted by Crippen LogP contribution is -2.45. The molecular weight excluding hydrogens is 292 g/mol. The number of aryl methyl sites for hydroxylation is 1. The lowest BCUT2D eigenvalue weighted by molar-refractivity contribution is 0.0287. The highest BCUT2D eigenvalue weighted by molar-refractivity contribution is 5.77. The monoisotopic (exact) mass is 312 g/mol. The molecule has 0 radical (unpaired) electrons. The molecule has 1 aromatic heterocycles. The number of nitrogens with zero attached hydrogens (tertiary/aromatic N) is 3. The molecule has 1 aliphatic carbocycles. The van der Waals surface area contributed by atoms with Crippen molar-refractivity contribution >= 4 is 17.5 Å². The largest absolute Gasteiger partial charge is 0.381 e. The highest BCUT2D eigenvalue weighted by Crippen LogP contribution is 2.27. The molecular formula is C16H20N6O. The summed E-state index contributed by atoms with van der Waals surface area (Å²) in [6.07, 6.45) is 8.39. The summed E-state index contributed by atoms with van der Waals surface area (Å²) in [7, 11) is 1.99. The minimum Gasteiger partial charge on any atom is -0.381 e. The normalized spacial score (nSPS) is 23.4. The van der Waals surface area contributed by atoms with E-state index < -0.39 is 0 Å². The maximum atomic E-state index is 5.49. The third-order valence-electron chi connectivity index (χ3n) is 5.03. The summed E-state index contributed by atoms with van der Waals surface area (Å²) < 4.78 is 7.43. The minimum absolute atomic E-state index is 0.526. The van der Waals surface area contributed by atoms with E-state index in [-0.39, 0.29) is 0 Å². The van der Waals surface area contributed by atoms with Gasteiger partial charge in [-0.2, -0.15) is 5.10 Å². The molecule has 7 heteroatoms. The van der Waals surface area contributed by atoms with E-state index in [0.717, 1.165) is 55.0 Å². The maximum Gasteiger partial charge on any atom is 0.102 e. The molecule has 0 amide bonds. The predicted octanol–water partition coefficient (Wildman–Crippen LogP) is -1.35. The molecule has 0 spiro atoms. The van der Waals surface area contributed by atoms with Gasteiger partial charge in [-0.15, -0.1) is 0 Å². The van der Waals surface area contributed by atoms with Gasteiger partial charge < -0.3 is 21.0 Å². The highest BCUT2D eigenvalue weighted by Gasteiger charge is 2.31. The van der Waals surface area contributed by atoms with Crippen LogP contribution in [-0.4, -0.2) is 40.6 Å². The van der Waals surface area contributed by atoms with Crippen molar-refractivity contribution in [3.63, 3.8) is 0 Å². The van der Waals surface area contributed by atoms with E-state index >= 15 is 0 Å². The van der Waals surface area contributed by atoms with Crippen molar-refractivity contribution in [2.75, 3.05) is 19.8 Å². The third-order valence-corrected chi connectivity index (χ3v) is 5.03. The van der Waals surface area contributed by atoms with Crippen LogP contribution in [0.4, 0.5) is 0 Å². The zero-order valence-corrected chi connectivity index (χ0v) is 13.1. The average Bonchev–Trinajstić information content (AvgIpc) is 3.12. The number of aromatic nitrogens is 2. The summed E-state index contributed by atoms with van der Waals surface area (Å²) in [6, 6.07) is 0.526. The maximum absolute atomic E-state index is 5.49. The van der Waals surface area contributed by atoms with Gasteiger partial charge in [0.15, 0.2) is 0 Å². The fourth-order valence-corrected chi connectivity index (χ4v) is 3.79. The molecule has 0 aromatic carbocycles. The summed E-state index contributed by atoms with van der Waals surface area (Å²) in [4.78, 5) is 0. The van der Waals surface area contributed by atoms with Gasteiger partial charge in [0.25, 0.3) is 0 Å². The smallest absolute Gasteiger partial charge is 0.102 e. The summed E-state index contributed by atoms with van der Waals surface area (Å²) in [5.41, 5.74) is 14.5. The molecule has 0 atom stereocenters. The second kappa shape index (κ2) is 4.87. The van der Waals surface area contributed by atoms with Crippen LogP contribution in [0.15, 0.2) is 17.8 Å². The van der Waals surface area contributed by atoms with Crippen molar-refractivity contribution < 1.29 is 4.74 Å². The van der Waals surface area contributed by atoms with Crippen molar-refractivity contribution in [3.05, 3.63) is 34.1 Å². The van der Waals surface area contributed by atoms with Crippen LogP contribution >= 0.6 is 0 Å². The van der Waals surface area contributed by atoms with Crippen LogP contribution in [0, 0.1) is 0 Å². The molecule has 5 rings (SSSR count). The molecule has 1 aromatic rings. The van der Waals surface area contributed by atoms with E-state index in [1.807, 2.05) is 17.9 Å². The lowest BCUT2D eigenvalue weighted by atomic mass is 10.1. The van der Waals surface area contributed by atoms with Crippen LogP contribution in [0.3, 0.4) is 0 Å². The molecule has 4 heterocycles. The Kier molecular flexibility index (Phi) is 2.80. The number of allylic oxidation sites excluding steroid dienone is 1. The van der Waals surface area contributed by atoms with Gasteiger partial charge in [0, 0.05) is 44.6 Å². The topological polar surface area (TPSA) is 66.4 Å². The van der Waals surface area contributed by atoms with Crippen molar-refractivity contribution in [2.24, 2.45) is 7.05 Å². The van der Waals surface area contributed by atoms with Gasteiger partial charge in [-0.3, -0.25) is 4.68 Å². The molecule has 4 aliphatic rings. The van der Waals surface area contributed by atoms with Crippen LogP contribution in [0.25, 0.3) is 17.5 Å². The molecule has 3 N–H and O–H groups in total. The Labute approximate surface area is 133 Å². The van der Waals surface area contributed by atoms with Crippen molar-refractivity contribution in [3.8, 4) is 0 Å². The summed E-state index contributed by atoms with van der Waals surface area (Å²) in [5, 5.41) is 9.43. The first-order chi connectivity index (χ1) is 11.3. The van der Waals surface area contributed by atoms with Crippen LogP contribution in [-0.2, 0) is 11.8 Å². The molecule has 0 bridgehead atoms. The van der Waals surface area contributed by atoms with Crippen molar-refractivity contribution in [1.82, 2.24) is 31.1 Å². The SMILES string of the molecule is Cn1nc2c3c1=CNNC=3C=CC1=C2CN(C2CCOCC2)N1. The van der Waals surface area contributed by atoms with E-state index in [9.17, 15) is 0 Å². The van der Waals surface area contributed by atoms with Crippen LogP contribution in [0.5, 0.6) is 0 Å². The first kappa shape index (κ1) is 13.2. The number of nitrogens with one attached hydrogen (secondary N) is 3. The van der Waals surface area contributed by atoms with Crippen LogP contribution < -0.4 is 26.8 Å². The van der Waals surface area contributed by atoms with E-state index in [1.54, 1.807) is 0 Å². The summed E-state index contributed by atoms with van der Waals surface area (Å²) in [6.45, 7) is 2.59. The van der Waals surface area contributed by atoms with Gasteiger partial charge in [-0.05, 0) is 25.0 Å². The van der Waals surface area contributed by atoms with E-state index in [0.29, 0.717) is 6.04 Å². The lowest BCUT2D eigenvalue weighted by Gasteiger charge is -2.31. The molecule has 1 fully saturated rings. The number of hydrogen-bond acceptors (Lipinski definition) is 6. The Balaban J connectivity index is 1.57. The van der Waals surface area contributed by atoms with Crippen LogP contribution in [0.1, 0.15) is 18.5 Å². The Morgan fingerprint density at radius 3 is 2.91 bits per heavy atom. The quantitative estimate of drug-likeness (QED) is 0.596. The van der Waals surface area contributed by atoms with E-state index in [4.69, 9.17) is 9.84 Å². The van der Waals surface area contributed by atoms with Gasteiger partial charge in [-0.1, -0.05) is 0 Å². The molecule has 3 aliphatic heterocycles. The Bertz CT molecular complexity index is 843. The van der Waals surface area contributed by atoms with E-state index in [1.165, 1.54) is 10.8 Å². The van der Waals surface area contributed by atoms with Gasteiger partial charge >= 0.3 is 0 Å². The van der Waals surface area contributed by atoms with Crippen molar-refractivity contribution in [2.45, 2.75) is 18.9 Å². The van der Waals surface area contributed by atoms with Gasteiger partial charge in [0.1, 0.15) is 5.69 Å². The second-order valence-electron chi connectivity index (χ2n) is 6.37. The molecule has 7 nitrogen and oxygen atoms in total. The van der Waals surface area contributed by atoms with Gasteiger partial charge in [0.05, 0.1) is 22.0 Å². The Morgan fingerprint density at radius 1 is 1.22 bits per heavy atom. The number of ether oxygens (including phenoxy) is 1. The molecule has 0 unspecified atom stereocenters. The zero-order valence-electron chi connectivity index (χ0n) is 13.1. The first-order valence-electron chi connectivity index (χ1n) is 8.13. The summed E-state index contributed by atoms with van der Waals surface area (Å²) in [5.74, 6) is 0. The standard InChI is InChI=1S/C16H20N6O/c1-21-14-8-17-18-13-3-2-12-11(16(20-21)15(13)14)9-22(19-12)10-4-6-23-7-5-10/h2-3,8,10,17-19H,4-7,9H2,1H3. The average molecular weight is 312 g/mol. The fourth-order valence-electron chi connectivity index (χ4n) is 3.79.